The van der Waals surface area contributed by atoms with Gasteiger partial charge in [0.2, 0.25) is 5.91 Å². The molecule has 25 heavy (non-hydrogen) atoms. The number of para-hydroxylation sites is 2. The second-order valence-corrected chi connectivity index (χ2v) is 5.90. The first-order valence-corrected chi connectivity index (χ1v) is 8.30. The summed E-state index contributed by atoms with van der Waals surface area (Å²) < 4.78 is 5.54. The summed E-state index contributed by atoms with van der Waals surface area (Å²) in [6, 6.07) is 16.6. The van der Waals surface area contributed by atoms with E-state index in [0.717, 1.165) is 16.5 Å². The molecule has 0 radical (unpaired) electrons. The fourth-order valence-corrected chi connectivity index (χ4v) is 3.03. The molecule has 0 saturated carbocycles. The molecule has 0 fully saturated rings. The lowest BCUT2D eigenvalue weighted by atomic mass is 9.74. The summed E-state index contributed by atoms with van der Waals surface area (Å²) >= 11 is 0. The van der Waals surface area contributed by atoms with E-state index >= 15 is 0 Å². The first-order valence-electron chi connectivity index (χ1n) is 8.30. The van der Waals surface area contributed by atoms with E-state index in [0.29, 0.717) is 5.69 Å². The number of nitrogens with zero attached hydrogens (tertiary/aromatic N) is 1. The van der Waals surface area contributed by atoms with Crippen molar-refractivity contribution in [3.63, 3.8) is 0 Å². The predicted octanol–water partition coefficient (Wildman–Crippen LogP) is 2.80. The summed E-state index contributed by atoms with van der Waals surface area (Å²) in [7, 11) is -1.68. The maximum absolute atomic E-state index is 12.5. The molecule has 2 N–H and O–H groups in total. The molecule has 5 nitrogen and oxygen atoms in total. The van der Waals surface area contributed by atoms with Crippen LogP contribution >= 0.6 is 0 Å². The van der Waals surface area contributed by atoms with Crippen LogP contribution in [0.15, 0.2) is 65.3 Å². The predicted molar refractivity (Wildman–Crippen MR) is 98.1 cm³/mol. The summed E-state index contributed by atoms with van der Waals surface area (Å²) in [5.74, 6) is -0.979. The highest BCUT2D eigenvalue weighted by Gasteiger charge is 2.34. The molecular weight excluding hydrogens is 317 g/mol. The van der Waals surface area contributed by atoms with Crippen LogP contribution in [0.3, 0.4) is 0 Å². The zero-order valence-electron chi connectivity index (χ0n) is 14.0. The van der Waals surface area contributed by atoms with Crippen molar-refractivity contribution >= 4 is 29.7 Å². The highest BCUT2D eigenvalue weighted by atomic mass is 16.4. The van der Waals surface area contributed by atoms with Gasteiger partial charge in [0.05, 0.1) is 12.2 Å². The molecule has 0 aliphatic rings. The molecule has 6 heteroatoms. The van der Waals surface area contributed by atoms with Gasteiger partial charge in [0.15, 0.2) is 0 Å². The highest BCUT2D eigenvalue weighted by Crippen LogP contribution is 2.26. The quantitative estimate of drug-likeness (QED) is 0.679. The summed E-state index contributed by atoms with van der Waals surface area (Å²) in [5, 5.41) is 20.9. The van der Waals surface area contributed by atoms with Gasteiger partial charge in [-0.25, -0.2) is 0 Å². The topological polar surface area (TPSA) is 73.9 Å². The zero-order valence-corrected chi connectivity index (χ0v) is 14.0. The Bertz CT molecular complexity index is 847. The van der Waals surface area contributed by atoms with E-state index in [-0.39, 0.29) is 18.7 Å². The summed E-state index contributed by atoms with van der Waals surface area (Å²) in [4.78, 5) is 14.0. The van der Waals surface area contributed by atoms with Crippen LogP contribution in [-0.4, -0.2) is 29.0 Å². The Morgan fingerprint density at radius 1 is 1.12 bits per heavy atom. The van der Waals surface area contributed by atoms with Gasteiger partial charge in [-0.05, 0) is 30.2 Å². The Labute approximate surface area is 146 Å². The zero-order chi connectivity index (χ0) is 17.8. The fourth-order valence-electron chi connectivity index (χ4n) is 3.03. The van der Waals surface area contributed by atoms with Gasteiger partial charge in [0.1, 0.15) is 5.58 Å². The van der Waals surface area contributed by atoms with Gasteiger partial charge in [-0.1, -0.05) is 43.3 Å². The minimum absolute atomic E-state index is 0.169. The summed E-state index contributed by atoms with van der Waals surface area (Å²) in [6.07, 6.45) is 2.15. The number of hydrogen-bond donors (Lipinski definition) is 2. The molecule has 0 spiro atoms. The molecule has 0 aliphatic carbocycles. The molecule has 1 heterocycles. The van der Waals surface area contributed by atoms with Gasteiger partial charge in [-0.3, -0.25) is 4.79 Å². The van der Waals surface area contributed by atoms with Crippen molar-refractivity contribution in [2.45, 2.75) is 25.7 Å². The van der Waals surface area contributed by atoms with Crippen molar-refractivity contribution in [2.75, 3.05) is 4.90 Å². The van der Waals surface area contributed by atoms with E-state index in [1.54, 1.807) is 25.3 Å². The number of rotatable bonds is 6. The van der Waals surface area contributed by atoms with Crippen LogP contribution in [0.2, 0.25) is 0 Å². The van der Waals surface area contributed by atoms with Gasteiger partial charge in [-0.2, -0.15) is 0 Å². The molecule has 0 saturated heterocycles. The van der Waals surface area contributed by atoms with Crippen molar-refractivity contribution in [1.82, 2.24) is 0 Å². The second-order valence-electron chi connectivity index (χ2n) is 5.90. The third-order valence-electron chi connectivity index (χ3n) is 4.27. The van der Waals surface area contributed by atoms with Crippen LogP contribution in [0.1, 0.15) is 18.9 Å². The maximum Gasteiger partial charge on any atom is 0.476 e. The number of amides is 1. The van der Waals surface area contributed by atoms with E-state index in [2.05, 4.69) is 0 Å². The van der Waals surface area contributed by atoms with Gasteiger partial charge in [0.25, 0.3) is 0 Å². The van der Waals surface area contributed by atoms with E-state index in [9.17, 15) is 14.8 Å². The number of fused-ring (bicyclic) bond motifs is 1. The van der Waals surface area contributed by atoms with Gasteiger partial charge >= 0.3 is 7.12 Å². The van der Waals surface area contributed by atoms with Crippen molar-refractivity contribution in [1.29, 1.82) is 0 Å². The smallest absolute Gasteiger partial charge is 0.464 e. The third-order valence-corrected chi connectivity index (χ3v) is 4.27. The van der Waals surface area contributed by atoms with Crippen LogP contribution in [0, 0.1) is 0 Å². The lowest BCUT2D eigenvalue weighted by molar-refractivity contribution is -0.118. The summed E-state index contributed by atoms with van der Waals surface area (Å²) in [6.45, 7) is 1.76. The minimum Gasteiger partial charge on any atom is -0.464 e. The summed E-state index contributed by atoms with van der Waals surface area (Å²) in [5.41, 5.74) is 2.20. The van der Waals surface area contributed by atoms with Gasteiger partial charge < -0.3 is 19.4 Å². The molecule has 2 aromatic carbocycles. The third kappa shape index (κ3) is 3.60. The molecule has 0 aliphatic heterocycles. The van der Waals surface area contributed by atoms with Crippen molar-refractivity contribution < 1.29 is 19.3 Å². The van der Waals surface area contributed by atoms with Crippen LogP contribution in [0.5, 0.6) is 0 Å². The highest BCUT2D eigenvalue weighted by molar-refractivity contribution is 6.45. The first kappa shape index (κ1) is 17.3. The number of furan rings is 1. The fraction of sp³-hybridized carbons (Fsp3) is 0.211. The van der Waals surface area contributed by atoms with E-state index in [1.165, 1.54) is 4.90 Å². The monoisotopic (exact) mass is 337 g/mol. The molecule has 3 aromatic rings. The minimum atomic E-state index is -1.68. The van der Waals surface area contributed by atoms with Crippen LogP contribution < -0.4 is 4.90 Å². The average molecular weight is 337 g/mol. The molecule has 0 bridgehead atoms. The molecule has 128 valence electrons. The van der Waals surface area contributed by atoms with Crippen LogP contribution in [0.4, 0.5) is 5.69 Å². The van der Waals surface area contributed by atoms with Crippen molar-refractivity contribution in [3.8, 4) is 0 Å². The molecule has 1 aromatic heterocycles. The second kappa shape index (κ2) is 7.55. The SMILES string of the molecule is CCC(=O)N(c1ccccc1)[C@@H](Cc1coc2ccccc12)B(O)O. The molecule has 3 rings (SSSR count). The Morgan fingerprint density at radius 2 is 1.80 bits per heavy atom. The Hall–Kier alpha value is -2.57. The van der Waals surface area contributed by atoms with E-state index in [4.69, 9.17) is 4.42 Å². The number of carbonyl (C=O) groups excluding carboxylic acids is 1. The molecular formula is C19H20BNO4. The number of hydrogen-bond acceptors (Lipinski definition) is 4. The Balaban J connectivity index is 1.99. The lowest BCUT2D eigenvalue weighted by Crippen LogP contribution is -2.51. The van der Waals surface area contributed by atoms with Crippen LogP contribution in [0.25, 0.3) is 11.0 Å². The van der Waals surface area contributed by atoms with E-state index < -0.39 is 13.1 Å². The number of carbonyl (C=O) groups is 1. The standard InChI is InChI=1S/C19H20BNO4/c1-2-19(22)21(15-8-4-3-5-9-15)18(20(23)24)12-14-13-25-17-11-7-6-10-16(14)17/h3-11,13,18,23-24H,2,12H2,1H3/t18-/m0/s1. The Morgan fingerprint density at radius 3 is 2.48 bits per heavy atom. The number of benzene rings is 2. The van der Waals surface area contributed by atoms with Crippen LogP contribution in [-0.2, 0) is 11.2 Å². The first-order chi connectivity index (χ1) is 12.1. The normalized spacial score (nSPS) is 12.1. The van der Waals surface area contributed by atoms with Crippen molar-refractivity contribution in [2.24, 2.45) is 0 Å². The van der Waals surface area contributed by atoms with Gasteiger partial charge in [0, 0.05) is 17.5 Å². The molecule has 0 unspecified atom stereocenters. The lowest BCUT2D eigenvalue weighted by Gasteiger charge is -2.31. The van der Waals surface area contributed by atoms with Gasteiger partial charge in [-0.15, -0.1) is 0 Å². The Kier molecular flexibility index (Phi) is 5.21. The van der Waals surface area contributed by atoms with Crippen molar-refractivity contribution in [3.05, 3.63) is 66.4 Å². The van der Waals surface area contributed by atoms with E-state index in [1.807, 2.05) is 42.5 Å². The maximum atomic E-state index is 12.5. The average Bonchev–Trinajstić information content (AvgIpc) is 3.05. The molecule has 1 atom stereocenters. The largest absolute Gasteiger partial charge is 0.476 e. The molecule has 1 amide bonds. The number of anilines is 1.